The van der Waals surface area contributed by atoms with Gasteiger partial charge in [-0.2, -0.15) is 0 Å². The predicted octanol–water partition coefficient (Wildman–Crippen LogP) is -0.590. The molecule has 0 aromatic heterocycles. The molecule has 0 aromatic rings. The molecule has 0 amide bonds. The second kappa shape index (κ2) is 7.28. The largest absolute Gasteiger partial charge is 0.396 e. The van der Waals surface area contributed by atoms with Crippen molar-refractivity contribution in [2.75, 3.05) is 28.4 Å². The van der Waals surface area contributed by atoms with E-state index in [2.05, 4.69) is 31.7 Å². The number of nitrogens with one attached hydrogen (secondary N) is 4. The van der Waals surface area contributed by atoms with Crippen molar-refractivity contribution in [2.24, 2.45) is 0 Å². The van der Waals surface area contributed by atoms with Gasteiger partial charge in [0.15, 0.2) is 0 Å². The summed E-state index contributed by atoms with van der Waals surface area (Å²) in [5.74, 6) is 0. The van der Waals surface area contributed by atoms with E-state index >= 15 is 0 Å². The van der Waals surface area contributed by atoms with Crippen LogP contribution < -0.4 is 18.6 Å². The lowest BCUT2D eigenvalue weighted by Gasteiger charge is -2.48. The normalized spacial score (nSPS) is 43.2. The number of hydrogen-bond acceptors (Lipinski definition) is 8. The van der Waals surface area contributed by atoms with E-state index in [0.717, 1.165) is 0 Å². The second-order valence-corrected chi connectivity index (χ2v) is 18.8. The first-order valence-electron chi connectivity index (χ1n) is 6.84. The Morgan fingerprint density at radius 2 is 0.909 bits per heavy atom. The molecule has 12 heteroatoms. The Morgan fingerprint density at radius 3 is 1.05 bits per heavy atom. The van der Waals surface area contributed by atoms with E-state index in [1.165, 1.54) is 0 Å². The molecule has 0 bridgehead atoms. The Hall–Kier alpha value is 0.0275. The molecule has 4 N–H and O–H groups in total. The van der Waals surface area contributed by atoms with Crippen molar-refractivity contribution in [3.8, 4) is 0 Å². The molecule has 0 saturated carbocycles. The summed E-state index contributed by atoms with van der Waals surface area (Å²) < 4.78 is 37.1. The van der Waals surface area contributed by atoms with E-state index in [0.29, 0.717) is 0 Å². The summed E-state index contributed by atoms with van der Waals surface area (Å²) in [7, 11) is -3.81. The first kappa shape index (κ1) is 20.1. The highest BCUT2D eigenvalue weighted by molar-refractivity contribution is 7.03. The Labute approximate surface area is 137 Å². The van der Waals surface area contributed by atoms with Crippen LogP contribution in [0.3, 0.4) is 0 Å². The Balaban J connectivity index is 3.37. The van der Waals surface area contributed by atoms with Gasteiger partial charge in [-0.15, -0.1) is 13.2 Å². The van der Waals surface area contributed by atoms with Gasteiger partial charge in [0.1, 0.15) is 0 Å². The van der Waals surface area contributed by atoms with Crippen LogP contribution >= 0.6 is 0 Å². The molecule has 0 unspecified atom stereocenters. The zero-order valence-electron chi connectivity index (χ0n) is 14.2. The Bertz CT molecular complexity index is 378. The fourth-order valence-corrected chi connectivity index (χ4v) is 22.1. The lowest BCUT2D eigenvalue weighted by atomic mass is 11.3. The molecule has 0 atom stereocenters. The summed E-state index contributed by atoms with van der Waals surface area (Å²) in [4.78, 5) is 0. The fourth-order valence-electron chi connectivity index (χ4n) is 2.32. The summed E-state index contributed by atoms with van der Waals surface area (Å²) in [5, 5.41) is 0. The van der Waals surface area contributed by atoms with Gasteiger partial charge in [0.05, 0.1) is 0 Å². The van der Waals surface area contributed by atoms with Crippen LogP contribution in [-0.2, 0) is 17.7 Å². The third kappa shape index (κ3) is 4.11. The third-order valence-corrected chi connectivity index (χ3v) is 21.4. The summed E-state index contributed by atoms with van der Waals surface area (Å²) >= 11 is 0. The lowest BCUT2D eigenvalue weighted by Crippen LogP contribution is -2.92. The smallest absolute Gasteiger partial charge is 0.370 e. The van der Waals surface area contributed by atoms with Crippen molar-refractivity contribution in [2.45, 2.75) is 13.1 Å². The van der Waals surface area contributed by atoms with E-state index in [-0.39, 0.29) is 0 Å². The maximum atomic E-state index is 5.77. The van der Waals surface area contributed by atoms with Crippen LogP contribution in [0, 0.1) is 0 Å². The highest BCUT2D eigenvalue weighted by atomic mass is 28.5. The van der Waals surface area contributed by atoms with Crippen LogP contribution in [0.25, 0.3) is 0 Å². The molecular formula is C10H28N4O4Si4. The van der Waals surface area contributed by atoms with Gasteiger partial charge in [-0.1, -0.05) is 0 Å². The highest BCUT2D eigenvalue weighted by Gasteiger charge is 2.57. The molecule has 1 rings (SSSR count). The zero-order chi connectivity index (χ0) is 17.1. The van der Waals surface area contributed by atoms with E-state index in [1.54, 1.807) is 39.8 Å². The summed E-state index contributed by atoms with van der Waals surface area (Å²) in [6.45, 7) is 11.9. The second-order valence-electron chi connectivity index (χ2n) is 5.26. The lowest BCUT2D eigenvalue weighted by molar-refractivity contribution is 0.328. The zero-order valence-corrected chi connectivity index (χ0v) is 18.2. The quantitative estimate of drug-likeness (QED) is 0.455. The van der Waals surface area contributed by atoms with E-state index < -0.39 is 34.6 Å². The topological polar surface area (TPSA) is 85.0 Å². The van der Waals surface area contributed by atoms with Crippen LogP contribution in [-0.4, -0.2) is 63.0 Å². The first-order valence-corrected chi connectivity index (χ1v) is 15.6. The van der Waals surface area contributed by atoms with Crippen molar-refractivity contribution < 1.29 is 17.7 Å². The van der Waals surface area contributed by atoms with Gasteiger partial charge in [-0.3, -0.25) is 18.6 Å². The molecule has 1 fully saturated rings. The first-order chi connectivity index (χ1) is 10.2. The molecule has 0 aromatic carbocycles. The molecule has 1 aliphatic rings. The van der Waals surface area contributed by atoms with Gasteiger partial charge in [0.25, 0.3) is 0 Å². The van der Waals surface area contributed by atoms with Gasteiger partial charge >= 0.3 is 34.6 Å². The van der Waals surface area contributed by atoms with Gasteiger partial charge in [-0.25, -0.2) is 0 Å². The molecule has 22 heavy (non-hydrogen) atoms. The Kier molecular flexibility index (Phi) is 6.65. The molecule has 0 aliphatic carbocycles. The van der Waals surface area contributed by atoms with Crippen LogP contribution in [0.5, 0.6) is 0 Å². The van der Waals surface area contributed by atoms with Gasteiger partial charge < -0.3 is 17.7 Å². The summed E-state index contributed by atoms with van der Waals surface area (Å²) in [6.07, 6.45) is 0. The molecule has 1 aliphatic heterocycles. The summed E-state index contributed by atoms with van der Waals surface area (Å²) in [5.41, 5.74) is 3.58. The van der Waals surface area contributed by atoms with Gasteiger partial charge in [0, 0.05) is 28.4 Å². The Morgan fingerprint density at radius 1 is 0.636 bits per heavy atom. The molecule has 8 nitrogen and oxygen atoms in total. The number of hydrogen-bond donors (Lipinski definition) is 4. The predicted molar refractivity (Wildman–Crippen MR) is 95.7 cm³/mol. The number of rotatable bonds is 6. The standard InChI is InChI=1S/C10H28N4O4Si4/c1-9-21(17-5)11-19(7,15-3)13-22(10-2,18-6)14-20(8,12-21)16-4/h9-14H,1-2H2,3-8H3. The van der Waals surface area contributed by atoms with Gasteiger partial charge in [-0.05, 0) is 24.5 Å². The maximum Gasteiger partial charge on any atom is 0.370 e. The van der Waals surface area contributed by atoms with E-state index in [4.69, 9.17) is 17.7 Å². The molecular weight excluding hydrogens is 352 g/mol. The maximum absolute atomic E-state index is 5.77. The van der Waals surface area contributed by atoms with Crippen molar-refractivity contribution in [3.63, 3.8) is 0 Å². The minimum absolute atomic E-state index is 1.65. The minimum atomic E-state index is -2.67. The molecule has 0 spiro atoms. The van der Waals surface area contributed by atoms with Crippen molar-refractivity contribution in [1.29, 1.82) is 0 Å². The van der Waals surface area contributed by atoms with Crippen LogP contribution in [0.4, 0.5) is 0 Å². The van der Waals surface area contributed by atoms with Gasteiger partial charge in [0.2, 0.25) is 0 Å². The minimum Gasteiger partial charge on any atom is -0.396 e. The van der Waals surface area contributed by atoms with Crippen molar-refractivity contribution >= 4 is 34.6 Å². The summed E-state index contributed by atoms with van der Waals surface area (Å²) in [6, 6.07) is 0. The average Bonchev–Trinajstić information content (AvgIpc) is 2.52. The van der Waals surface area contributed by atoms with E-state index in [1.807, 2.05) is 13.1 Å². The molecule has 1 heterocycles. The highest BCUT2D eigenvalue weighted by Crippen LogP contribution is 2.15. The van der Waals surface area contributed by atoms with Crippen LogP contribution in [0.15, 0.2) is 24.6 Å². The van der Waals surface area contributed by atoms with Crippen LogP contribution in [0.2, 0.25) is 13.1 Å². The SMILES string of the molecule is C=C[Si]1(OC)N[Si](C)(OC)N[Si](C=C)(OC)N[Si](C)(OC)N1. The van der Waals surface area contributed by atoms with Crippen molar-refractivity contribution in [1.82, 2.24) is 18.6 Å². The average molecular weight is 381 g/mol. The molecule has 128 valence electrons. The molecule has 1 saturated heterocycles. The monoisotopic (exact) mass is 380 g/mol. The fraction of sp³-hybridized carbons (Fsp3) is 0.600. The third-order valence-electron chi connectivity index (χ3n) is 3.73. The molecule has 0 radical (unpaired) electrons. The van der Waals surface area contributed by atoms with Crippen molar-refractivity contribution in [3.05, 3.63) is 24.6 Å². The van der Waals surface area contributed by atoms with Crippen LogP contribution in [0.1, 0.15) is 0 Å². The van der Waals surface area contributed by atoms with E-state index in [9.17, 15) is 0 Å².